The van der Waals surface area contributed by atoms with Crippen LogP contribution in [0.5, 0.6) is 0 Å². The van der Waals surface area contributed by atoms with Crippen LogP contribution in [-0.2, 0) is 18.4 Å². The second-order valence-electron chi connectivity index (χ2n) is 12.3. The summed E-state index contributed by atoms with van der Waals surface area (Å²) >= 11 is 1.33. The molecule has 0 aliphatic carbocycles. The Morgan fingerprint density at radius 3 is 2.54 bits per heavy atom. The molecule has 0 unspecified atom stereocenters. The smallest absolute Gasteiger partial charge is 0.282 e. The SMILES string of the molecule is Cn1ccc2c(=O)n(CC3(O)CCN(C(=O)[C@@H]4CCN(C(=O)c5nc(-c6ccncc6)cs5)C[C@H]4c4ccccc4)CC3)cnc21. The van der Waals surface area contributed by atoms with E-state index in [1.807, 2.05) is 64.7 Å². The van der Waals surface area contributed by atoms with E-state index in [1.165, 1.54) is 22.2 Å². The van der Waals surface area contributed by atoms with E-state index in [9.17, 15) is 19.5 Å². The normalized spacial score (nSPS) is 19.8. The Kier molecular flexibility index (Phi) is 7.99. The van der Waals surface area contributed by atoms with E-state index in [-0.39, 0.29) is 35.8 Å². The molecule has 236 valence electrons. The summed E-state index contributed by atoms with van der Waals surface area (Å²) in [6.45, 7) is 1.78. The number of carbonyl (C=O) groups excluding carboxylic acids is 2. The number of amides is 2. The van der Waals surface area contributed by atoms with Crippen LogP contribution >= 0.6 is 11.3 Å². The first-order valence-electron chi connectivity index (χ1n) is 15.5. The van der Waals surface area contributed by atoms with Crippen LogP contribution < -0.4 is 5.56 Å². The van der Waals surface area contributed by atoms with Gasteiger partial charge in [0.05, 0.1) is 23.2 Å². The van der Waals surface area contributed by atoms with Gasteiger partial charge in [-0.15, -0.1) is 11.3 Å². The van der Waals surface area contributed by atoms with Gasteiger partial charge in [-0.3, -0.25) is 23.9 Å². The van der Waals surface area contributed by atoms with Crippen LogP contribution in [0.15, 0.2) is 83.6 Å². The van der Waals surface area contributed by atoms with Crippen molar-refractivity contribution in [2.45, 2.75) is 37.3 Å². The summed E-state index contributed by atoms with van der Waals surface area (Å²) < 4.78 is 3.27. The number of piperidine rings is 2. The van der Waals surface area contributed by atoms with Crippen molar-refractivity contribution in [3.63, 3.8) is 0 Å². The van der Waals surface area contributed by atoms with Gasteiger partial charge in [-0.25, -0.2) is 9.97 Å². The number of hydrogen-bond donors (Lipinski definition) is 1. The summed E-state index contributed by atoms with van der Waals surface area (Å²) in [6.07, 6.45) is 7.94. The van der Waals surface area contributed by atoms with Crippen LogP contribution in [-0.4, -0.2) is 82.6 Å². The van der Waals surface area contributed by atoms with Crippen LogP contribution in [0.2, 0.25) is 0 Å². The summed E-state index contributed by atoms with van der Waals surface area (Å²) in [5.41, 5.74) is 1.97. The van der Waals surface area contributed by atoms with Crippen LogP contribution in [0.3, 0.4) is 0 Å². The molecule has 1 N–H and O–H groups in total. The fourth-order valence-electron chi connectivity index (χ4n) is 6.78. The number of benzene rings is 1. The maximum Gasteiger partial charge on any atom is 0.282 e. The Bertz CT molecular complexity index is 1930. The molecule has 2 atom stereocenters. The van der Waals surface area contributed by atoms with Crippen LogP contribution in [0.1, 0.15) is 40.5 Å². The maximum absolute atomic E-state index is 14.1. The molecule has 0 radical (unpaired) electrons. The number of rotatable bonds is 6. The number of likely N-dealkylation sites (tertiary alicyclic amines) is 2. The van der Waals surface area contributed by atoms with Crippen molar-refractivity contribution in [3.8, 4) is 11.3 Å². The number of aromatic nitrogens is 5. The van der Waals surface area contributed by atoms with Crippen LogP contribution in [0.4, 0.5) is 0 Å². The fourth-order valence-corrected chi connectivity index (χ4v) is 7.57. The zero-order valence-corrected chi connectivity index (χ0v) is 26.3. The topological polar surface area (TPSA) is 126 Å². The van der Waals surface area contributed by atoms with E-state index in [2.05, 4.69) is 15.0 Å². The number of nitrogens with zero attached hydrogens (tertiary/aromatic N) is 7. The van der Waals surface area contributed by atoms with E-state index < -0.39 is 5.60 Å². The molecular weight excluding hydrogens is 602 g/mol. The molecule has 7 rings (SSSR count). The summed E-state index contributed by atoms with van der Waals surface area (Å²) in [5.74, 6) is -0.553. The molecule has 2 aliphatic rings. The lowest BCUT2D eigenvalue weighted by Crippen LogP contribution is -2.53. The van der Waals surface area contributed by atoms with Crippen molar-refractivity contribution in [2.24, 2.45) is 13.0 Å². The molecular formula is C34H35N7O4S. The number of fused-ring (bicyclic) bond motifs is 1. The Morgan fingerprint density at radius 1 is 1.02 bits per heavy atom. The zero-order valence-electron chi connectivity index (χ0n) is 25.5. The van der Waals surface area contributed by atoms with E-state index in [0.717, 1.165) is 16.8 Å². The highest BCUT2D eigenvalue weighted by atomic mass is 32.1. The molecule has 11 nitrogen and oxygen atoms in total. The van der Waals surface area contributed by atoms with Crippen molar-refractivity contribution in [3.05, 3.63) is 99.8 Å². The van der Waals surface area contributed by atoms with Gasteiger partial charge < -0.3 is 19.5 Å². The number of aryl methyl sites for hydroxylation is 1. The second kappa shape index (κ2) is 12.3. The minimum atomic E-state index is -1.12. The first kappa shape index (κ1) is 30.0. The quantitative estimate of drug-likeness (QED) is 0.302. The Hall–Kier alpha value is -4.68. The van der Waals surface area contributed by atoms with Crippen molar-refractivity contribution in [1.29, 1.82) is 0 Å². The molecule has 6 heterocycles. The van der Waals surface area contributed by atoms with Gasteiger partial charge >= 0.3 is 0 Å². The van der Waals surface area contributed by atoms with Gasteiger partial charge in [-0.2, -0.15) is 0 Å². The van der Waals surface area contributed by atoms with E-state index in [0.29, 0.717) is 61.5 Å². The lowest BCUT2D eigenvalue weighted by atomic mass is 9.79. The van der Waals surface area contributed by atoms with Gasteiger partial charge in [-0.1, -0.05) is 30.3 Å². The summed E-state index contributed by atoms with van der Waals surface area (Å²) in [4.78, 5) is 57.5. The molecule has 2 saturated heterocycles. The number of aliphatic hydroxyl groups is 1. The van der Waals surface area contributed by atoms with Crippen LogP contribution in [0.25, 0.3) is 22.3 Å². The zero-order chi connectivity index (χ0) is 31.8. The molecule has 2 fully saturated rings. The van der Waals surface area contributed by atoms with Gasteiger partial charge in [0.15, 0.2) is 5.01 Å². The summed E-state index contributed by atoms with van der Waals surface area (Å²) in [7, 11) is 1.84. The number of thiazole rings is 1. The molecule has 0 spiro atoms. The molecule has 4 aromatic heterocycles. The average Bonchev–Trinajstić information content (AvgIpc) is 3.74. The second-order valence-corrected chi connectivity index (χ2v) is 13.2. The lowest BCUT2D eigenvalue weighted by Gasteiger charge is -2.43. The average molecular weight is 638 g/mol. The van der Waals surface area contributed by atoms with Crippen molar-refractivity contribution in [2.75, 3.05) is 26.2 Å². The summed E-state index contributed by atoms with van der Waals surface area (Å²) in [6, 6.07) is 15.4. The minimum Gasteiger partial charge on any atom is -0.388 e. The van der Waals surface area contributed by atoms with Crippen LogP contribution in [0, 0.1) is 5.92 Å². The highest BCUT2D eigenvalue weighted by Crippen LogP contribution is 2.36. The third-order valence-electron chi connectivity index (χ3n) is 9.43. The monoisotopic (exact) mass is 637 g/mol. The Morgan fingerprint density at radius 2 is 1.78 bits per heavy atom. The Labute approximate surface area is 269 Å². The molecule has 2 amide bonds. The largest absolute Gasteiger partial charge is 0.388 e. The first-order chi connectivity index (χ1) is 22.3. The van der Waals surface area contributed by atoms with E-state index in [4.69, 9.17) is 0 Å². The third-order valence-corrected chi connectivity index (χ3v) is 10.3. The highest BCUT2D eigenvalue weighted by Gasteiger charge is 2.42. The van der Waals surface area contributed by atoms with Crippen molar-refractivity contribution < 1.29 is 14.7 Å². The maximum atomic E-state index is 14.1. The van der Waals surface area contributed by atoms with Gasteiger partial charge in [0, 0.05) is 74.6 Å². The predicted octanol–water partition coefficient (Wildman–Crippen LogP) is 3.55. The molecule has 5 aromatic rings. The van der Waals surface area contributed by atoms with Gasteiger partial charge in [0.1, 0.15) is 12.0 Å². The lowest BCUT2D eigenvalue weighted by molar-refractivity contribution is -0.142. The highest BCUT2D eigenvalue weighted by molar-refractivity contribution is 7.12. The number of carbonyl (C=O) groups is 2. The minimum absolute atomic E-state index is 0.0433. The van der Waals surface area contributed by atoms with Gasteiger partial charge in [-0.05, 0) is 43.0 Å². The van der Waals surface area contributed by atoms with E-state index in [1.54, 1.807) is 29.2 Å². The first-order valence-corrected chi connectivity index (χ1v) is 16.4. The predicted molar refractivity (Wildman–Crippen MR) is 174 cm³/mol. The molecule has 0 saturated carbocycles. The third kappa shape index (κ3) is 5.74. The van der Waals surface area contributed by atoms with Gasteiger partial charge in [0.2, 0.25) is 5.91 Å². The molecule has 46 heavy (non-hydrogen) atoms. The van der Waals surface area contributed by atoms with Crippen molar-refractivity contribution in [1.82, 2.24) is 33.9 Å². The van der Waals surface area contributed by atoms with Crippen molar-refractivity contribution >= 4 is 34.2 Å². The molecule has 1 aromatic carbocycles. The molecule has 0 bridgehead atoms. The van der Waals surface area contributed by atoms with E-state index >= 15 is 0 Å². The number of pyridine rings is 1. The molecule has 2 aliphatic heterocycles. The number of hydrogen-bond acceptors (Lipinski definition) is 8. The van der Waals surface area contributed by atoms with Gasteiger partial charge in [0.25, 0.3) is 11.5 Å². The molecule has 12 heteroatoms. The fraction of sp³-hybridized carbons (Fsp3) is 0.353. The Balaban J connectivity index is 1.04. The summed E-state index contributed by atoms with van der Waals surface area (Å²) in [5, 5.41) is 14.3. The standard InChI is InChI=1S/C34H35N7O4S/c1-38-15-9-26-29(38)36-22-41(32(26)43)21-34(45)11-17-39(18-12-34)31(42)25-10-16-40(19-27(25)23-5-3-2-4-6-23)33(44)30-37-28(20-46-30)24-7-13-35-14-8-24/h2-9,13-15,20,22,25,27,45H,10-12,16-19,21H2,1H3/t25-,27+/m1/s1.